The van der Waals surface area contributed by atoms with E-state index in [4.69, 9.17) is 5.11 Å². The SMILES string of the molecule is Cc1ccc(C(=O)CNC(C)C(=O)O)cc1. The van der Waals surface area contributed by atoms with E-state index < -0.39 is 12.0 Å². The normalized spacial score (nSPS) is 12.1. The average Bonchev–Trinajstić information content (AvgIpc) is 2.26. The molecule has 0 fully saturated rings. The van der Waals surface area contributed by atoms with E-state index in [-0.39, 0.29) is 12.3 Å². The van der Waals surface area contributed by atoms with Gasteiger partial charge < -0.3 is 5.11 Å². The molecule has 16 heavy (non-hydrogen) atoms. The first kappa shape index (κ1) is 12.4. The largest absolute Gasteiger partial charge is 0.480 e. The number of carboxylic acids is 1. The zero-order valence-corrected chi connectivity index (χ0v) is 9.36. The predicted octanol–water partition coefficient (Wildman–Crippen LogP) is 1.24. The third kappa shape index (κ3) is 3.47. The van der Waals surface area contributed by atoms with Crippen LogP contribution >= 0.6 is 0 Å². The summed E-state index contributed by atoms with van der Waals surface area (Å²) in [6, 6.07) is 6.48. The number of aryl methyl sites for hydroxylation is 1. The highest BCUT2D eigenvalue weighted by Gasteiger charge is 2.12. The number of ketones is 1. The Hall–Kier alpha value is -1.68. The van der Waals surface area contributed by atoms with Crippen molar-refractivity contribution in [1.82, 2.24) is 5.32 Å². The fourth-order valence-corrected chi connectivity index (χ4v) is 1.17. The van der Waals surface area contributed by atoms with Crippen molar-refractivity contribution in [3.8, 4) is 0 Å². The summed E-state index contributed by atoms with van der Waals surface area (Å²) >= 11 is 0. The highest BCUT2D eigenvalue weighted by Crippen LogP contribution is 2.03. The first-order valence-electron chi connectivity index (χ1n) is 5.07. The number of aliphatic carboxylic acids is 1. The summed E-state index contributed by atoms with van der Waals surface area (Å²) in [5.41, 5.74) is 1.68. The number of hydrogen-bond donors (Lipinski definition) is 2. The zero-order chi connectivity index (χ0) is 12.1. The molecule has 0 amide bonds. The van der Waals surface area contributed by atoms with Crippen LogP contribution in [0, 0.1) is 6.92 Å². The lowest BCUT2D eigenvalue weighted by Gasteiger charge is -2.08. The lowest BCUT2D eigenvalue weighted by Crippen LogP contribution is -2.37. The lowest BCUT2D eigenvalue weighted by atomic mass is 10.1. The lowest BCUT2D eigenvalue weighted by molar-refractivity contribution is -0.138. The molecule has 1 aromatic carbocycles. The van der Waals surface area contributed by atoms with E-state index in [0.717, 1.165) is 5.56 Å². The van der Waals surface area contributed by atoms with E-state index >= 15 is 0 Å². The molecule has 0 saturated carbocycles. The third-order valence-electron chi connectivity index (χ3n) is 2.31. The molecule has 4 nitrogen and oxygen atoms in total. The van der Waals surface area contributed by atoms with E-state index in [9.17, 15) is 9.59 Å². The van der Waals surface area contributed by atoms with Gasteiger partial charge in [-0.15, -0.1) is 0 Å². The highest BCUT2D eigenvalue weighted by molar-refractivity contribution is 5.97. The first-order chi connectivity index (χ1) is 7.50. The van der Waals surface area contributed by atoms with Gasteiger partial charge in [0.2, 0.25) is 0 Å². The Bertz CT molecular complexity index is 384. The van der Waals surface area contributed by atoms with Crippen LogP contribution < -0.4 is 5.32 Å². The molecule has 0 radical (unpaired) electrons. The second-order valence-corrected chi connectivity index (χ2v) is 3.73. The fraction of sp³-hybridized carbons (Fsp3) is 0.333. The Kier molecular flexibility index (Phi) is 4.19. The van der Waals surface area contributed by atoms with Crippen LogP contribution in [0.2, 0.25) is 0 Å². The fourth-order valence-electron chi connectivity index (χ4n) is 1.17. The number of rotatable bonds is 5. The Morgan fingerprint density at radius 1 is 1.31 bits per heavy atom. The zero-order valence-electron chi connectivity index (χ0n) is 9.36. The number of hydrogen-bond acceptors (Lipinski definition) is 3. The van der Waals surface area contributed by atoms with Gasteiger partial charge in [0.25, 0.3) is 0 Å². The molecule has 1 aromatic rings. The van der Waals surface area contributed by atoms with Gasteiger partial charge in [-0.25, -0.2) is 0 Å². The van der Waals surface area contributed by atoms with Crippen LogP contribution in [0.3, 0.4) is 0 Å². The number of Topliss-reactive ketones (excluding diaryl/α,β-unsaturated/α-hetero) is 1. The molecule has 86 valence electrons. The second-order valence-electron chi connectivity index (χ2n) is 3.73. The maximum absolute atomic E-state index is 11.6. The summed E-state index contributed by atoms with van der Waals surface area (Å²) in [6.45, 7) is 3.49. The number of benzene rings is 1. The van der Waals surface area contributed by atoms with Crippen molar-refractivity contribution < 1.29 is 14.7 Å². The highest BCUT2D eigenvalue weighted by atomic mass is 16.4. The molecule has 4 heteroatoms. The molecule has 0 aliphatic heterocycles. The van der Waals surface area contributed by atoms with E-state index in [1.54, 1.807) is 12.1 Å². The summed E-state index contributed by atoms with van der Waals surface area (Å²) in [5.74, 6) is -1.06. The smallest absolute Gasteiger partial charge is 0.320 e. The van der Waals surface area contributed by atoms with E-state index in [1.807, 2.05) is 19.1 Å². The van der Waals surface area contributed by atoms with Crippen LogP contribution in [0.1, 0.15) is 22.8 Å². The summed E-state index contributed by atoms with van der Waals surface area (Å²) < 4.78 is 0. The van der Waals surface area contributed by atoms with Crippen molar-refractivity contribution in [2.45, 2.75) is 19.9 Å². The van der Waals surface area contributed by atoms with Gasteiger partial charge in [0, 0.05) is 5.56 Å². The van der Waals surface area contributed by atoms with Crippen LogP contribution in [0.25, 0.3) is 0 Å². The minimum atomic E-state index is -0.961. The monoisotopic (exact) mass is 221 g/mol. The molecule has 0 saturated heterocycles. The molecule has 0 aromatic heterocycles. The molecule has 0 aliphatic rings. The van der Waals surface area contributed by atoms with Gasteiger partial charge in [-0.2, -0.15) is 0 Å². The summed E-state index contributed by atoms with van der Waals surface area (Å²) in [6.07, 6.45) is 0. The van der Waals surface area contributed by atoms with Crippen LogP contribution in [-0.2, 0) is 4.79 Å². The van der Waals surface area contributed by atoms with Crippen molar-refractivity contribution >= 4 is 11.8 Å². The molecular formula is C12H15NO3. The van der Waals surface area contributed by atoms with Crippen molar-refractivity contribution in [3.63, 3.8) is 0 Å². The maximum Gasteiger partial charge on any atom is 0.320 e. The third-order valence-corrected chi connectivity index (χ3v) is 2.31. The van der Waals surface area contributed by atoms with Gasteiger partial charge >= 0.3 is 5.97 Å². The summed E-state index contributed by atoms with van der Waals surface area (Å²) in [5, 5.41) is 11.3. The van der Waals surface area contributed by atoms with Gasteiger partial charge in [-0.05, 0) is 13.8 Å². The van der Waals surface area contributed by atoms with Crippen LogP contribution in [-0.4, -0.2) is 29.4 Å². The van der Waals surface area contributed by atoms with Gasteiger partial charge in [-0.3, -0.25) is 14.9 Å². The topological polar surface area (TPSA) is 66.4 Å². The molecule has 0 spiro atoms. The summed E-state index contributed by atoms with van der Waals surface area (Å²) in [7, 11) is 0. The molecule has 0 aliphatic carbocycles. The first-order valence-corrected chi connectivity index (χ1v) is 5.07. The minimum absolute atomic E-state index is 0.0382. The van der Waals surface area contributed by atoms with E-state index in [1.165, 1.54) is 6.92 Å². The quantitative estimate of drug-likeness (QED) is 0.734. The number of carbonyl (C=O) groups excluding carboxylic acids is 1. The molecule has 2 N–H and O–H groups in total. The van der Waals surface area contributed by atoms with Crippen LogP contribution in [0.5, 0.6) is 0 Å². The molecule has 0 heterocycles. The van der Waals surface area contributed by atoms with E-state index in [2.05, 4.69) is 5.32 Å². The standard InChI is InChI=1S/C12H15NO3/c1-8-3-5-10(6-4-8)11(14)7-13-9(2)12(15)16/h3-6,9,13H,7H2,1-2H3,(H,15,16). The minimum Gasteiger partial charge on any atom is -0.480 e. The van der Waals surface area contributed by atoms with E-state index in [0.29, 0.717) is 5.56 Å². The van der Waals surface area contributed by atoms with Crippen molar-refractivity contribution in [2.24, 2.45) is 0 Å². The average molecular weight is 221 g/mol. The second kappa shape index (κ2) is 5.42. The molecule has 0 bridgehead atoms. The molecule has 1 atom stereocenters. The predicted molar refractivity (Wildman–Crippen MR) is 60.6 cm³/mol. The summed E-state index contributed by atoms with van der Waals surface area (Å²) in [4.78, 5) is 22.1. The number of nitrogens with one attached hydrogen (secondary N) is 1. The Labute approximate surface area is 94.3 Å². The molecular weight excluding hydrogens is 206 g/mol. The van der Waals surface area contributed by atoms with Crippen molar-refractivity contribution in [1.29, 1.82) is 0 Å². The Balaban J connectivity index is 2.53. The molecule has 1 rings (SSSR count). The van der Waals surface area contributed by atoms with Crippen LogP contribution in [0.15, 0.2) is 24.3 Å². The number of carboxylic acid groups (broad SMARTS) is 1. The Morgan fingerprint density at radius 2 is 1.88 bits per heavy atom. The van der Waals surface area contributed by atoms with Gasteiger partial charge in [0.05, 0.1) is 6.54 Å². The molecule has 1 unspecified atom stereocenters. The maximum atomic E-state index is 11.6. The number of carbonyl (C=O) groups is 2. The van der Waals surface area contributed by atoms with Gasteiger partial charge in [0.15, 0.2) is 5.78 Å². The van der Waals surface area contributed by atoms with Gasteiger partial charge in [-0.1, -0.05) is 29.8 Å². The van der Waals surface area contributed by atoms with Crippen molar-refractivity contribution in [2.75, 3.05) is 6.54 Å². The van der Waals surface area contributed by atoms with Gasteiger partial charge in [0.1, 0.15) is 6.04 Å². The Morgan fingerprint density at radius 3 is 2.38 bits per heavy atom. The van der Waals surface area contributed by atoms with Crippen molar-refractivity contribution in [3.05, 3.63) is 35.4 Å². The van der Waals surface area contributed by atoms with Crippen LogP contribution in [0.4, 0.5) is 0 Å².